The Balaban J connectivity index is 2.03. The SMILES string of the molecule is COc1cc(OC)nc(Oc2ccccc2C(=O)NCC(=O)N[C@@H](C)C(=O)OC(C)(C)C)n1. The first-order valence-electron chi connectivity index (χ1n) is 10.1. The van der Waals surface area contributed by atoms with Crippen LogP contribution >= 0.6 is 0 Å². The number of carbonyl (C=O) groups is 3. The standard InChI is InChI=1S/C22H28N4O7/c1-13(20(29)33-22(2,3)4)24-16(27)12-23-19(28)14-9-7-8-10-15(14)32-21-25-17(30-5)11-18(26-21)31-6/h7-11,13H,12H2,1-6H3,(H,23,28)(H,24,27)/t13-/m0/s1. The van der Waals surface area contributed by atoms with Crippen molar-refractivity contribution in [3.8, 4) is 23.5 Å². The number of nitrogens with zero attached hydrogens (tertiary/aromatic N) is 2. The van der Waals surface area contributed by atoms with E-state index in [-0.39, 0.29) is 35.6 Å². The molecule has 0 fully saturated rings. The molecule has 11 nitrogen and oxygen atoms in total. The Morgan fingerprint density at radius 1 is 1.03 bits per heavy atom. The van der Waals surface area contributed by atoms with E-state index in [1.54, 1.807) is 39.0 Å². The number of nitrogens with one attached hydrogen (secondary N) is 2. The monoisotopic (exact) mass is 460 g/mol. The van der Waals surface area contributed by atoms with Gasteiger partial charge < -0.3 is 29.6 Å². The predicted molar refractivity (Wildman–Crippen MR) is 117 cm³/mol. The van der Waals surface area contributed by atoms with Crippen LogP contribution in [-0.4, -0.2) is 60.2 Å². The highest BCUT2D eigenvalue weighted by molar-refractivity contribution is 5.99. The van der Waals surface area contributed by atoms with Crippen LogP contribution in [0.3, 0.4) is 0 Å². The van der Waals surface area contributed by atoms with E-state index in [4.69, 9.17) is 18.9 Å². The van der Waals surface area contributed by atoms with Gasteiger partial charge in [0.1, 0.15) is 17.4 Å². The molecular weight excluding hydrogens is 432 g/mol. The lowest BCUT2D eigenvalue weighted by Gasteiger charge is -2.22. The Labute approximate surface area is 191 Å². The topological polar surface area (TPSA) is 138 Å². The van der Waals surface area contributed by atoms with Crippen LogP contribution in [0.5, 0.6) is 23.5 Å². The molecule has 2 amide bonds. The first kappa shape index (κ1) is 25.4. The molecule has 1 aromatic carbocycles. The van der Waals surface area contributed by atoms with Crippen molar-refractivity contribution in [3.63, 3.8) is 0 Å². The number of aromatic nitrogens is 2. The average Bonchev–Trinajstić information content (AvgIpc) is 2.76. The van der Waals surface area contributed by atoms with E-state index in [2.05, 4.69) is 20.6 Å². The summed E-state index contributed by atoms with van der Waals surface area (Å²) in [6, 6.07) is 6.89. The molecule has 0 spiro atoms. The van der Waals surface area contributed by atoms with Crippen LogP contribution in [0.1, 0.15) is 38.1 Å². The molecule has 33 heavy (non-hydrogen) atoms. The summed E-state index contributed by atoms with van der Waals surface area (Å²) in [6.07, 6.45) is 0. The minimum Gasteiger partial charge on any atom is -0.481 e. The van der Waals surface area contributed by atoms with Crippen LogP contribution in [0.15, 0.2) is 30.3 Å². The van der Waals surface area contributed by atoms with Crippen LogP contribution in [0.25, 0.3) is 0 Å². The summed E-state index contributed by atoms with van der Waals surface area (Å²) < 4.78 is 21.0. The molecule has 0 saturated carbocycles. The number of ether oxygens (including phenoxy) is 4. The van der Waals surface area contributed by atoms with Gasteiger partial charge in [0, 0.05) is 0 Å². The highest BCUT2D eigenvalue weighted by Crippen LogP contribution is 2.26. The summed E-state index contributed by atoms with van der Waals surface area (Å²) in [5, 5.41) is 4.97. The zero-order valence-corrected chi connectivity index (χ0v) is 19.4. The molecular formula is C22H28N4O7. The highest BCUT2D eigenvalue weighted by atomic mass is 16.6. The smallest absolute Gasteiger partial charge is 0.328 e. The Hall–Kier alpha value is -3.89. The van der Waals surface area contributed by atoms with Crippen molar-refractivity contribution >= 4 is 17.8 Å². The highest BCUT2D eigenvalue weighted by Gasteiger charge is 2.23. The third kappa shape index (κ3) is 7.95. The second-order valence-corrected chi connectivity index (χ2v) is 7.84. The van der Waals surface area contributed by atoms with Crippen molar-refractivity contribution < 1.29 is 33.3 Å². The van der Waals surface area contributed by atoms with Gasteiger partial charge in [0.15, 0.2) is 0 Å². The van der Waals surface area contributed by atoms with E-state index in [0.29, 0.717) is 0 Å². The Morgan fingerprint density at radius 3 is 2.21 bits per heavy atom. The third-order valence-corrected chi connectivity index (χ3v) is 3.96. The van der Waals surface area contributed by atoms with Gasteiger partial charge in [0.05, 0.1) is 32.4 Å². The first-order valence-corrected chi connectivity index (χ1v) is 10.1. The second kappa shape index (κ2) is 11.1. The van der Waals surface area contributed by atoms with E-state index < -0.39 is 29.4 Å². The number of amides is 2. The molecule has 0 aliphatic carbocycles. The fourth-order valence-corrected chi connectivity index (χ4v) is 2.48. The Bertz CT molecular complexity index is 982. The maximum Gasteiger partial charge on any atom is 0.328 e. The van der Waals surface area contributed by atoms with E-state index in [1.807, 2.05) is 0 Å². The minimum absolute atomic E-state index is 0.0876. The van der Waals surface area contributed by atoms with Gasteiger partial charge in [-0.2, -0.15) is 9.97 Å². The molecule has 178 valence electrons. The number of carbonyl (C=O) groups excluding carboxylic acids is 3. The Morgan fingerprint density at radius 2 is 1.64 bits per heavy atom. The van der Waals surface area contributed by atoms with E-state index >= 15 is 0 Å². The largest absolute Gasteiger partial charge is 0.481 e. The number of benzene rings is 1. The van der Waals surface area contributed by atoms with Gasteiger partial charge in [0.2, 0.25) is 17.7 Å². The van der Waals surface area contributed by atoms with Crippen molar-refractivity contribution in [2.45, 2.75) is 39.3 Å². The van der Waals surface area contributed by atoms with Crippen LogP contribution in [-0.2, 0) is 14.3 Å². The fraction of sp³-hybridized carbons (Fsp3) is 0.409. The molecule has 0 aliphatic rings. The summed E-state index contributed by atoms with van der Waals surface area (Å²) in [5.74, 6) is -1.10. The summed E-state index contributed by atoms with van der Waals surface area (Å²) in [4.78, 5) is 45.0. The number of para-hydroxylation sites is 1. The van der Waals surface area contributed by atoms with E-state index in [1.165, 1.54) is 33.3 Å². The van der Waals surface area contributed by atoms with Crippen LogP contribution < -0.4 is 24.8 Å². The van der Waals surface area contributed by atoms with Gasteiger partial charge in [-0.15, -0.1) is 0 Å². The van der Waals surface area contributed by atoms with Crippen molar-refractivity contribution in [3.05, 3.63) is 35.9 Å². The maximum absolute atomic E-state index is 12.7. The second-order valence-electron chi connectivity index (χ2n) is 7.84. The molecule has 0 aliphatic heterocycles. The molecule has 2 rings (SSSR count). The number of methoxy groups -OCH3 is 2. The van der Waals surface area contributed by atoms with E-state index in [0.717, 1.165) is 0 Å². The number of hydrogen-bond donors (Lipinski definition) is 2. The summed E-state index contributed by atoms with van der Waals surface area (Å²) >= 11 is 0. The predicted octanol–water partition coefficient (Wildman–Crippen LogP) is 1.86. The molecule has 2 N–H and O–H groups in total. The molecule has 0 saturated heterocycles. The van der Waals surface area contributed by atoms with Crippen LogP contribution in [0, 0.1) is 0 Å². The lowest BCUT2D eigenvalue weighted by atomic mass is 10.2. The van der Waals surface area contributed by atoms with E-state index in [9.17, 15) is 14.4 Å². The van der Waals surface area contributed by atoms with Crippen molar-refractivity contribution in [1.29, 1.82) is 0 Å². The molecule has 1 atom stereocenters. The van der Waals surface area contributed by atoms with Gasteiger partial charge in [-0.3, -0.25) is 9.59 Å². The van der Waals surface area contributed by atoms with Gasteiger partial charge in [-0.1, -0.05) is 12.1 Å². The van der Waals surface area contributed by atoms with Crippen LogP contribution in [0.4, 0.5) is 0 Å². The minimum atomic E-state index is -0.871. The van der Waals surface area contributed by atoms with Crippen molar-refractivity contribution in [2.24, 2.45) is 0 Å². The summed E-state index contributed by atoms with van der Waals surface area (Å²) in [7, 11) is 2.86. The lowest BCUT2D eigenvalue weighted by molar-refractivity contribution is -0.158. The lowest BCUT2D eigenvalue weighted by Crippen LogP contribution is -2.46. The fourth-order valence-electron chi connectivity index (χ4n) is 2.48. The number of hydrogen-bond acceptors (Lipinski definition) is 9. The first-order chi connectivity index (χ1) is 15.5. The van der Waals surface area contributed by atoms with Gasteiger partial charge >= 0.3 is 12.0 Å². The zero-order valence-electron chi connectivity index (χ0n) is 19.4. The summed E-state index contributed by atoms with van der Waals surface area (Å²) in [5.41, 5.74) is -0.527. The Kier molecular flexibility index (Phi) is 8.55. The zero-order chi connectivity index (χ0) is 24.6. The van der Waals surface area contributed by atoms with Gasteiger partial charge in [0.25, 0.3) is 5.91 Å². The number of rotatable bonds is 9. The van der Waals surface area contributed by atoms with Gasteiger partial charge in [-0.05, 0) is 39.8 Å². The molecule has 2 aromatic rings. The van der Waals surface area contributed by atoms with Gasteiger partial charge in [-0.25, -0.2) is 4.79 Å². The molecule has 1 heterocycles. The maximum atomic E-state index is 12.7. The molecule has 11 heteroatoms. The van der Waals surface area contributed by atoms with Crippen molar-refractivity contribution in [2.75, 3.05) is 20.8 Å². The average molecular weight is 460 g/mol. The third-order valence-electron chi connectivity index (χ3n) is 3.96. The number of esters is 1. The molecule has 0 unspecified atom stereocenters. The molecule has 0 bridgehead atoms. The van der Waals surface area contributed by atoms with Crippen LogP contribution in [0.2, 0.25) is 0 Å². The quantitative estimate of drug-likeness (QED) is 0.537. The van der Waals surface area contributed by atoms with Crippen molar-refractivity contribution in [1.82, 2.24) is 20.6 Å². The molecule has 1 aromatic heterocycles. The normalized spacial score (nSPS) is 11.7. The summed E-state index contributed by atoms with van der Waals surface area (Å²) in [6.45, 7) is 6.33. The molecule has 0 radical (unpaired) electrons.